The molecular weight excluding hydrogens is 574 g/mol. The molecule has 0 radical (unpaired) electrons. The molecule has 9 nitrogen and oxygen atoms in total. The average molecular weight is 611 g/mol. The molecule has 2 atom stereocenters. The highest BCUT2D eigenvalue weighted by Crippen LogP contribution is 2.44. The number of rotatable bonds is 6. The molecule has 2 aromatic rings. The molecule has 208 valence electrons. The fourth-order valence-corrected chi connectivity index (χ4v) is 5.61. The van der Waals surface area contributed by atoms with Crippen LogP contribution in [0.1, 0.15) is 53.4 Å². The van der Waals surface area contributed by atoms with Crippen molar-refractivity contribution in [3.63, 3.8) is 0 Å². The minimum atomic E-state index is -0.540. The summed E-state index contributed by atoms with van der Waals surface area (Å²) in [4.78, 5) is 28.8. The highest BCUT2D eigenvalue weighted by atomic mass is 79.9. The van der Waals surface area contributed by atoms with Gasteiger partial charge in [0.05, 0.1) is 15.6 Å². The SMILES string of the molecule is C[C@@H]1CN(C(=O)OC(C)(C)C)CCN1c1nc(OC[C@@H]2CCCN2C)nc2c(OC3CC3)c(Br)c(Cl)cc12. The lowest BCUT2D eigenvalue weighted by molar-refractivity contribution is 0.0218. The van der Waals surface area contributed by atoms with Crippen LogP contribution in [-0.4, -0.2) is 89.5 Å². The second-order valence-electron chi connectivity index (χ2n) is 11.6. The van der Waals surface area contributed by atoms with Gasteiger partial charge in [-0.1, -0.05) is 11.6 Å². The molecule has 0 N–H and O–H groups in total. The lowest BCUT2D eigenvalue weighted by Crippen LogP contribution is -2.54. The van der Waals surface area contributed by atoms with Gasteiger partial charge in [0, 0.05) is 37.1 Å². The molecule has 0 bridgehead atoms. The van der Waals surface area contributed by atoms with E-state index in [2.05, 4.69) is 39.7 Å². The first-order valence-corrected chi connectivity index (χ1v) is 14.6. The number of halogens is 2. The van der Waals surface area contributed by atoms with E-state index in [9.17, 15) is 4.79 Å². The number of aromatic nitrogens is 2. The van der Waals surface area contributed by atoms with Crippen LogP contribution in [0.25, 0.3) is 10.9 Å². The quantitative estimate of drug-likeness (QED) is 0.424. The molecule has 1 saturated carbocycles. The topological polar surface area (TPSA) is 80.3 Å². The number of carbonyl (C=O) groups excluding carboxylic acids is 1. The second-order valence-corrected chi connectivity index (χ2v) is 12.8. The standard InChI is InChI=1S/C27H37BrClN5O4/c1-16-14-33(26(35)38-27(2,3)4)11-12-34(16)24-19-13-20(29)21(28)23(37-18-8-9-18)22(19)30-25(31-24)36-15-17-7-6-10-32(17)5/h13,16-18H,6-12,14-15H2,1-5H3/t16-,17+/m1/s1. The minimum Gasteiger partial charge on any atom is -0.487 e. The summed E-state index contributed by atoms with van der Waals surface area (Å²) in [6.07, 6.45) is 4.16. The zero-order chi connectivity index (χ0) is 27.2. The minimum absolute atomic E-state index is 0.0154. The number of carbonyl (C=O) groups is 1. The molecule has 2 aliphatic heterocycles. The number of likely N-dealkylation sites (N-methyl/N-ethyl adjacent to an activating group) is 1. The van der Waals surface area contributed by atoms with Crippen molar-refractivity contribution in [3.8, 4) is 11.8 Å². The number of piperazine rings is 1. The number of anilines is 1. The van der Waals surface area contributed by atoms with E-state index in [0.717, 1.165) is 37.0 Å². The Balaban J connectivity index is 1.48. The Hall–Kier alpha value is -2.04. The van der Waals surface area contributed by atoms with E-state index in [-0.39, 0.29) is 18.2 Å². The first-order valence-electron chi connectivity index (χ1n) is 13.4. The van der Waals surface area contributed by atoms with Gasteiger partial charge in [-0.15, -0.1) is 0 Å². The molecule has 2 saturated heterocycles. The molecule has 1 aromatic heterocycles. The van der Waals surface area contributed by atoms with Crippen LogP contribution in [0.4, 0.5) is 10.6 Å². The maximum Gasteiger partial charge on any atom is 0.410 e. The van der Waals surface area contributed by atoms with Gasteiger partial charge >= 0.3 is 12.1 Å². The molecule has 38 heavy (non-hydrogen) atoms. The van der Waals surface area contributed by atoms with Gasteiger partial charge in [-0.25, -0.2) is 4.79 Å². The van der Waals surface area contributed by atoms with Gasteiger partial charge in [0.15, 0.2) is 5.75 Å². The molecule has 1 aliphatic carbocycles. The monoisotopic (exact) mass is 609 g/mol. The van der Waals surface area contributed by atoms with Gasteiger partial charge in [-0.05, 0) is 89.0 Å². The van der Waals surface area contributed by atoms with Crippen molar-refractivity contribution in [1.82, 2.24) is 19.8 Å². The van der Waals surface area contributed by atoms with Crippen LogP contribution in [-0.2, 0) is 4.74 Å². The number of likely N-dealkylation sites (tertiary alicyclic amines) is 1. The molecule has 3 heterocycles. The predicted octanol–water partition coefficient (Wildman–Crippen LogP) is 5.51. The Morgan fingerprint density at radius 3 is 2.58 bits per heavy atom. The van der Waals surface area contributed by atoms with Gasteiger partial charge in [0.2, 0.25) is 0 Å². The Kier molecular flexibility index (Phi) is 7.86. The summed E-state index contributed by atoms with van der Waals surface area (Å²) in [5.41, 5.74) is 0.136. The maximum atomic E-state index is 12.7. The number of nitrogens with zero attached hydrogens (tertiary/aromatic N) is 5. The van der Waals surface area contributed by atoms with Gasteiger partial charge in [0.25, 0.3) is 0 Å². The summed E-state index contributed by atoms with van der Waals surface area (Å²) in [6.45, 7) is 10.9. The predicted molar refractivity (Wildman–Crippen MR) is 152 cm³/mol. The third-order valence-electron chi connectivity index (χ3n) is 7.24. The Labute approximate surface area is 237 Å². The summed E-state index contributed by atoms with van der Waals surface area (Å²) in [5, 5.41) is 1.34. The third-order valence-corrected chi connectivity index (χ3v) is 8.55. The fraction of sp³-hybridized carbons (Fsp3) is 0.667. The Morgan fingerprint density at radius 1 is 1.18 bits per heavy atom. The van der Waals surface area contributed by atoms with Crippen molar-refractivity contribution < 1.29 is 19.0 Å². The van der Waals surface area contributed by atoms with E-state index >= 15 is 0 Å². The highest BCUT2D eigenvalue weighted by Gasteiger charge is 2.33. The Morgan fingerprint density at radius 2 is 1.95 bits per heavy atom. The normalized spacial score (nSPS) is 22.7. The van der Waals surface area contributed by atoms with Crippen molar-refractivity contribution in [1.29, 1.82) is 0 Å². The molecule has 5 rings (SSSR count). The number of amides is 1. The van der Waals surface area contributed by atoms with E-state index in [1.807, 2.05) is 26.8 Å². The van der Waals surface area contributed by atoms with Crippen LogP contribution >= 0.6 is 27.5 Å². The van der Waals surface area contributed by atoms with Crippen molar-refractivity contribution in [2.45, 2.75) is 77.2 Å². The second kappa shape index (κ2) is 10.8. The Bertz CT molecular complexity index is 1200. The molecule has 3 aliphatic rings. The third kappa shape index (κ3) is 6.07. The van der Waals surface area contributed by atoms with Gasteiger partial charge < -0.3 is 28.9 Å². The van der Waals surface area contributed by atoms with Gasteiger partial charge in [0.1, 0.15) is 23.5 Å². The first kappa shape index (κ1) is 27.5. The summed E-state index contributed by atoms with van der Waals surface area (Å²) >= 11 is 10.3. The number of ether oxygens (including phenoxy) is 3. The summed E-state index contributed by atoms with van der Waals surface area (Å²) in [7, 11) is 2.13. The van der Waals surface area contributed by atoms with Crippen molar-refractivity contribution in [2.24, 2.45) is 0 Å². The summed E-state index contributed by atoms with van der Waals surface area (Å²) < 4.78 is 18.8. The molecule has 1 amide bonds. The van der Waals surface area contributed by atoms with Crippen molar-refractivity contribution in [3.05, 3.63) is 15.6 Å². The van der Waals surface area contributed by atoms with Crippen LogP contribution in [0, 0.1) is 0 Å². The molecule has 1 aromatic carbocycles. The summed E-state index contributed by atoms with van der Waals surface area (Å²) in [6, 6.07) is 2.54. The lowest BCUT2D eigenvalue weighted by Gasteiger charge is -2.41. The van der Waals surface area contributed by atoms with Crippen LogP contribution < -0.4 is 14.4 Å². The van der Waals surface area contributed by atoms with E-state index in [0.29, 0.717) is 59.1 Å². The summed E-state index contributed by atoms with van der Waals surface area (Å²) in [5.74, 6) is 1.36. The maximum absolute atomic E-state index is 12.7. The number of benzene rings is 1. The smallest absolute Gasteiger partial charge is 0.410 e. The molecule has 3 fully saturated rings. The molecule has 11 heteroatoms. The van der Waals surface area contributed by atoms with Crippen molar-refractivity contribution >= 4 is 50.3 Å². The van der Waals surface area contributed by atoms with Gasteiger partial charge in [-0.2, -0.15) is 9.97 Å². The van der Waals surface area contributed by atoms with Crippen LogP contribution in [0.15, 0.2) is 10.5 Å². The van der Waals surface area contributed by atoms with Crippen LogP contribution in [0.3, 0.4) is 0 Å². The number of hydrogen-bond donors (Lipinski definition) is 0. The largest absolute Gasteiger partial charge is 0.487 e. The highest BCUT2D eigenvalue weighted by molar-refractivity contribution is 9.10. The molecule has 0 spiro atoms. The van der Waals surface area contributed by atoms with Gasteiger partial charge in [-0.3, -0.25) is 0 Å². The van der Waals surface area contributed by atoms with Crippen LogP contribution in [0.2, 0.25) is 5.02 Å². The van der Waals surface area contributed by atoms with Crippen molar-refractivity contribution in [2.75, 3.05) is 44.7 Å². The van der Waals surface area contributed by atoms with Crippen LogP contribution in [0.5, 0.6) is 11.8 Å². The number of fused-ring (bicyclic) bond motifs is 1. The lowest BCUT2D eigenvalue weighted by atomic mass is 10.1. The molecule has 0 unspecified atom stereocenters. The van der Waals surface area contributed by atoms with E-state index in [4.69, 9.17) is 35.8 Å². The number of hydrogen-bond acceptors (Lipinski definition) is 8. The fourth-order valence-electron chi connectivity index (χ4n) is 5.01. The zero-order valence-electron chi connectivity index (χ0n) is 22.8. The average Bonchev–Trinajstić information content (AvgIpc) is 3.58. The van der Waals surface area contributed by atoms with E-state index in [1.165, 1.54) is 6.42 Å². The first-order chi connectivity index (χ1) is 18.0. The van der Waals surface area contributed by atoms with E-state index < -0.39 is 5.60 Å². The molecular formula is C27H37BrClN5O4. The zero-order valence-corrected chi connectivity index (χ0v) is 25.1. The van der Waals surface area contributed by atoms with E-state index in [1.54, 1.807) is 4.90 Å².